The number of nitrogens with zero attached hydrogens (tertiary/aromatic N) is 1. The van der Waals surface area contributed by atoms with Crippen molar-refractivity contribution < 1.29 is 27.5 Å². The highest BCUT2D eigenvalue weighted by Gasteiger charge is 2.50. The summed E-state index contributed by atoms with van der Waals surface area (Å²) in [4.78, 5) is 23.5. The number of benzene rings is 1. The predicted octanol–water partition coefficient (Wildman–Crippen LogP) is 1.26. The maximum atomic E-state index is 12.7. The van der Waals surface area contributed by atoms with Crippen molar-refractivity contribution in [2.45, 2.75) is 18.6 Å². The van der Waals surface area contributed by atoms with Crippen LogP contribution in [0.15, 0.2) is 18.2 Å². The molecule has 0 aliphatic carbocycles. The Balaban J connectivity index is 2.50. The Morgan fingerprint density at radius 1 is 1.40 bits per heavy atom. The molecular formula is C12H11F3N2O3. The maximum Gasteiger partial charge on any atom is 0.471 e. The molecule has 5 nitrogen and oxygen atoms in total. The lowest BCUT2D eigenvalue weighted by molar-refractivity contribution is -0.171. The van der Waals surface area contributed by atoms with Crippen LogP contribution < -0.4 is 10.6 Å². The van der Waals surface area contributed by atoms with Gasteiger partial charge < -0.3 is 10.5 Å². The number of rotatable bonds is 1. The summed E-state index contributed by atoms with van der Waals surface area (Å²) in [7, 11) is 1.05. The van der Waals surface area contributed by atoms with Crippen molar-refractivity contribution in [1.29, 1.82) is 0 Å². The van der Waals surface area contributed by atoms with E-state index in [1.807, 2.05) is 0 Å². The summed E-state index contributed by atoms with van der Waals surface area (Å²) in [5, 5.41) is 0. The number of ether oxygens (including phenoxy) is 1. The first kappa shape index (κ1) is 14.2. The lowest BCUT2D eigenvalue weighted by Gasteiger charge is -2.24. The first-order valence-electron chi connectivity index (χ1n) is 5.62. The number of alkyl halides is 3. The predicted molar refractivity (Wildman–Crippen MR) is 63.9 cm³/mol. The summed E-state index contributed by atoms with van der Waals surface area (Å²) in [5.74, 6) is -3.02. The fourth-order valence-corrected chi connectivity index (χ4v) is 2.16. The van der Waals surface area contributed by atoms with Gasteiger partial charge in [0.1, 0.15) is 6.04 Å². The van der Waals surface area contributed by atoms with Gasteiger partial charge in [0.15, 0.2) is 0 Å². The number of nitrogen functional groups attached to an aromatic ring is 1. The number of fused-ring (bicyclic) bond motifs is 1. The van der Waals surface area contributed by atoms with Crippen molar-refractivity contribution in [2.75, 3.05) is 17.7 Å². The summed E-state index contributed by atoms with van der Waals surface area (Å²) < 4.78 is 42.4. The van der Waals surface area contributed by atoms with Gasteiger partial charge in [0.25, 0.3) is 0 Å². The second-order valence-electron chi connectivity index (χ2n) is 4.30. The minimum absolute atomic E-state index is 0.0114. The lowest BCUT2D eigenvalue weighted by Crippen LogP contribution is -2.49. The molecule has 1 aromatic carbocycles. The van der Waals surface area contributed by atoms with Gasteiger partial charge in [0.05, 0.1) is 12.8 Å². The number of carbonyl (C=O) groups is 2. The Bertz CT molecular complexity index is 572. The van der Waals surface area contributed by atoms with Gasteiger partial charge in [-0.05, 0) is 17.7 Å². The Labute approximate surface area is 112 Å². The van der Waals surface area contributed by atoms with Crippen LogP contribution in [0.5, 0.6) is 0 Å². The van der Waals surface area contributed by atoms with Gasteiger partial charge >= 0.3 is 18.1 Å². The molecule has 0 saturated carbocycles. The van der Waals surface area contributed by atoms with E-state index >= 15 is 0 Å². The highest BCUT2D eigenvalue weighted by molar-refractivity contribution is 6.05. The van der Waals surface area contributed by atoms with E-state index in [1.54, 1.807) is 0 Å². The number of hydrogen-bond donors (Lipinski definition) is 1. The highest BCUT2D eigenvalue weighted by atomic mass is 19.4. The van der Waals surface area contributed by atoms with E-state index in [4.69, 9.17) is 5.73 Å². The summed E-state index contributed by atoms with van der Waals surface area (Å²) in [5.41, 5.74) is 6.15. The maximum absolute atomic E-state index is 12.7. The number of carbonyl (C=O) groups excluding carboxylic acids is 2. The molecule has 1 heterocycles. The number of nitrogens with two attached hydrogens (primary N) is 1. The molecule has 1 aliphatic rings. The van der Waals surface area contributed by atoms with Crippen molar-refractivity contribution in [3.8, 4) is 0 Å². The summed E-state index contributed by atoms with van der Waals surface area (Å²) in [6, 6.07) is 2.90. The van der Waals surface area contributed by atoms with Crippen LogP contribution in [0.2, 0.25) is 0 Å². The number of hydrogen-bond acceptors (Lipinski definition) is 4. The van der Waals surface area contributed by atoms with E-state index < -0.39 is 24.1 Å². The number of halogens is 3. The van der Waals surface area contributed by atoms with E-state index in [-0.39, 0.29) is 17.8 Å². The SMILES string of the molecule is COC(=O)[C@@H]1Cc2ccc(N)cc2N1C(=O)C(F)(F)F. The largest absolute Gasteiger partial charge is 0.471 e. The molecule has 2 rings (SSSR count). The molecule has 1 aliphatic heterocycles. The first-order chi connectivity index (χ1) is 9.25. The van der Waals surface area contributed by atoms with Gasteiger partial charge in [-0.2, -0.15) is 13.2 Å². The molecular weight excluding hydrogens is 277 g/mol. The molecule has 0 fully saturated rings. The number of methoxy groups -OCH3 is 1. The minimum atomic E-state index is -5.08. The van der Waals surface area contributed by atoms with Crippen molar-refractivity contribution in [1.82, 2.24) is 0 Å². The smallest absolute Gasteiger partial charge is 0.467 e. The van der Waals surface area contributed by atoms with Gasteiger partial charge in [0.2, 0.25) is 0 Å². The van der Waals surface area contributed by atoms with Crippen molar-refractivity contribution in [3.63, 3.8) is 0 Å². The molecule has 0 aromatic heterocycles. The van der Waals surface area contributed by atoms with Crippen molar-refractivity contribution >= 4 is 23.3 Å². The fourth-order valence-electron chi connectivity index (χ4n) is 2.16. The topological polar surface area (TPSA) is 72.6 Å². The normalized spacial score (nSPS) is 17.8. The molecule has 0 saturated heterocycles. The zero-order chi connectivity index (χ0) is 15.1. The van der Waals surface area contributed by atoms with Gasteiger partial charge in [-0.15, -0.1) is 0 Å². The van der Waals surface area contributed by atoms with Gasteiger partial charge in [-0.1, -0.05) is 6.07 Å². The quantitative estimate of drug-likeness (QED) is 0.624. The molecule has 0 unspecified atom stereocenters. The molecule has 108 valence electrons. The van der Waals surface area contributed by atoms with Crippen molar-refractivity contribution in [2.24, 2.45) is 0 Å². The standard InChI is InChI=1S/C12H11F3N2O3/c1-20-10(18)9-4-6-2-3-7(16)5-8(6)17(9)11(19)12(13,14)15/h2-3,5,9H,4,16H2,1H3/t9-/m0/s1. The number of esters is 1. The average Bonchev–Trinajstić information content (AvgIpc) is 2.74. The van der Waals surface area contributed by atoms with Crippen LogP contribution in [0.3, 0.4) is 0 Å². The molecule has 0 bridgehead atoms. The number of amides is 1. The fraction of sp³-hybridized carbons (Fsp3) is 0.333. The average molecular weight is 288 g/mol. The molecule has 1 aromatic rings. The molecule has 0 spiro atoms. The van der Waals surface area contributed by atoms with Crippen LogP contribution in [0.25, 0.3) is 0 Å². The van der Waals surface area contributed by atoms with E-state index in [0.717, 1.165) is 7.11 Å². The Morgan fingerprint density at radius 2 is 2.05 bits per heavy atom. The van der Waals surface area contributed by atoms with E-state index in [1.165, 1.54) is 18.2 Å². The third kappa shape index (κ3) is 2.28. The molecule has 1 atom stereocenters. The van der Waals surface area contributed by atoms with Crippen LogP contribution in [-0.4, -0.2) is 31.2 Å². The van der Waals surface area contributed by atoms with E-state index in [2.05, 4.69) is 4.74 Å². The van der Waals surface area contributed by atoms with Crippen LogP contribution in [-0.2, 0) is 20.7 Å². The van der Waals surface area contributed by atoms with Crippen LogP contribution in [0.4, 0.5) is 24.5 Å². The molecule has 1 amide bonds. The van der Waals surface area contributed by atoms with E-state index in [0.29, 0.717) is 10.5 Å². The third-order valence-corrected chi connectivity index (χ3v) is 3.03. The Hall–Kier alpha value is -2.25. The summed E-state index contributed by atoms with van der Waals surface area (Å²) in [6.07, 6.45) is -5.12. The third-order valence-electron chi connectivity index (χ3n) is 3.03. The zero-order valence-electron chi connectivity index (χ0n) is 10.4. The first-order valence-corrected chi connectivity index (χ1v) is 5.62. The van der Waals surface area contributed by atoms with Gasteiger partial charge in [-0.3, -0.25) is 9.69 Å². The monoisotopic (exact) mass is 288 g/mol. The zero-order valence-corrected chi connectivity index (χ0v) is 10.4. The highest BCUT2D eigenvalue weighted by Crippen LogP contribution is 2.37. The lowest BCUT2D eigenvalue weighted by atomic mass is 10.1. The minimum Gasteiger partial charge on any atom is -0.467 e. The van der Waals surface area contributed by atoms with Crippen LogP contribution in [0, 0.1) is 0 Å². The van der Waals surface area contributed by atoms with Crippen LogP contribution >= 0.6 is 0 Å². The Morgan fingerprint density at radius 3 is 2.60 bits per heavy atom. The summed E-state index contributed by atoms with van der Waals surface area (Å²) >= 11 is 0. The molecule has 8 heteroatoms. The van der Waals surface area contributed by atoms with Gasteiger partial charge in [-0.25, -0.2) is 4.79 Å². The molecule has 20 heavy (non-hydrogen) atoms. The summed E-state index contributed by atoms with van der Waals surface area (Å²) in [6.45, 7) is 0. The molecule has 2 N–H and O–H groups in total. The second-order valence-corrected chi connectivity index (χ2v) is 4.30. The number of anilines is 2. The molecule has 0 radical (unpaired) electrons. The van der Waals surface area contributed by atoms with Crippen LogP contribution in [0.1, 0.15) is 5.56 Å². The van der Waals surface area contributed by atoms with Crippen molar-refractivity contribution in [3.05, 3.63) is 23.8 Å². The second kappa shape index (κ2) is 4.69. The van der Waals surface area contributed by atoms with E-state index in [9.17, 15) is 22.8 Å². The Kier molecular flexibility index (Phi) is 3.33. The van der Waals surface area contributed by atoms with Gasteiger partial charge in [0, 0.05) is 12.1 Å².